The van der Waals surface area contributed by atoms with Gasteiger partial charge in [-0.05, 0) is 12.5 Å². The Hall–Kier alpha value is -1.08. The fourth-order valence-corrected chi connectivity index (χ4v) is 2.71. The Morgan fingerprint density at radius 1 is 1.43 bits per heavy atom. The van der Waals surface area contributed by atoms with Gasteiger partial charge in [0.05, 0.1) is 6.10 Å². The molecule has 4 N–H and O–H groups in total. The summed E-state index contributed by atoms with van der Waals surface area (Å²) >= 11 is 0. The Labute approximate surface area is 148 Å². The number of hydrogen-bond donors (Lipinski definition) is 3. The van der Waals surface area contributed by atoms with Crippen LogP contribution in [-0.2, 0) is 16.1 Å². The Balaban J connectivity index is 0.00000242. The lowest BCUT2D eigenvalue weighted by atomic mass is 9.54. The molecule has 0 saturated heterocycles. The summed E-state index contributed by atoms with van der Waals surface area (Å²) in [6, 6.07) is 3.11. The van der Waals surface area contributed by atoms with E-state index in [2.05, 4.69) is 10.3 Å². The molecule has 1 aromatic rings. The first-order valence-corrected chi connectivity index (χ1v) is 7.17. The van der Waals surface area contributed by atoms with Crippen molar-refractivity contribution in [1.29, 1.82) is 0 Å². The lowest BCUT2D eigenvalue weighted by molar-refractivity contribution is -0.170. The van der Waals surface area contributed by atoms with Gasteiger partial charge in [-0.15, -0.1) is 24.8 Å². The molecule has 0 aromatic carbocycles. The van der Waals surface area contributed by atoms with Crippen LogP contribution in [0.5, 0.6) is 0 Å². The molecular weight excluding hydrogens is 341 g/mol. The molecule has 2 atom stereocenters. The van der Waals surface area contributed by atoms with E-state index >= 15 is 0 Å². The van der Waals surface area contributed by atoms with E-state index in [1.807, 2.05) is 20.8 Å². The molecule has 1 aromatic heterocycles. The van der Waals surface area contributed by atoms with Crippen LogP contribution in [0.25, 0.3) is 0 Å². The Morgan fingerprint density at radius 3 is 2.57 bits per heavy atom. The van der Waals surface area contributed by atoms with Crippen molar-refractivity contribution < 1.29 is 9.53 Å². The molecule has 1 fully saturated rings. The lowest BCUT2D eigenvalue weighted by Crippen LogP contribution is -2.75. The molecule has 0 spiro atoms. The van der Waals surface area contributed by atoms with E-state index in [-0.39, 0.29) is 42.4 Å². The highest BCUT2D eigenvalue weighted by atomic mass is 35.5. The number of amides is 1. The molecule has 6 nitrogen and oxygen atoms in total. The van der Waals surface area contributed by atoms with Gasteiger partial charge in [-0.1, -0.05) is 19.9 Å². The van der Waals surface area contributed by atoms with Crippen molar-refractivity contribution in [2.45, 2.75) is 45.4 Å². The first kappa shape index (κ1) is 21.9. The summed E-state index contributed by atoms with van der Waals surface area (Å²) in [4.78, 5) is 25.9. The number of carbonyl (C=O) groups is 1. The maximum Gasteiger partial charge on any atom is 0.247 e. The van der Waals surface area contributed by atoms with Gasteiger partial charge in [0.15, 0.2) is 0 Å². The van der Waals surface area contributed by atoms with Crippen molar-refractivity contribution in [2.75, 3.05) is 6.61 Å². The molecule has 1 amide bonds. The molecule has 1 aliphatic carbocycles. The number of pyridine rings is 1. The van der Waals surface area contributed by atoms with Crippen LogP contribution < -0.4 is 16.6 Å². The van der Waals surface area contributed by atoms with E-state index in [4.69, 9.17) is 10.5 Å². The maximum atomic E-state index is 12.4. The summed E-state index contributed by atoms with van der Waals surface area (Å²) in [6.45, 7) is 6.79. The zero-order valence-corrected chi connectivity index (χ0v) is 15.2. The summed E-state index contributed by atoms with van der Waals surface area (Å²) < 4.78 is 5.61. The average molecular weight is 366 g/mol. The summed E-state index contributed by atoms with van der Waals surface area (Å²) in [7, 11) is 0. The minimum Gasteiger partial charge on any atom is -0.378 e. The quantitative estimate of drug-likeness (QED) is 0.733. The van der Waals surface area contributed by atoms with Crippen molar-refractivity contribution in [3.05, 3.63) is 34.2 Å². The van der Waals surface area contributed by atoms with Crippen LogP contribution in [0.4, 0.5) is 0 Å². The van der Waals surface area contributed by atoms with E-state index in [9.17, 15) is 9.59 Å². The van der Waals surface area contributed by atoms with E-state index < -0.39 is 11.0 Å². The van der Waals surface area contributed by atoms with Gasteiger partial charge in [-0.2, -0.15) is 0 Å². The highest BCUT2D eigenvalue weighted by Crippen LogP contribution is 2.49. The van der Waals surface area contributed by atoms with Gasteiger partial charge < -0.3 is 20.8 Å². The predicted octanol–water partition coefficient (Wildman–Crippen LogP) is 1.37. The van der Waals surface area contributed by atoms with Crippen molar-refractivity contribution in [1.82, 2.24) is 10.3 Å². The molecule has 0 bridgehead atoms. The highest BCUT2D eigenvalue weighted by molar-refractivity contribution is 5.88. The molecule has 1 saturated carbocycles. The van der Waals surface area contributed by atoms with Crippen molar-refractivity contribution >= 4 is 30.7 Å². The number of ether oxygens (including phenoxy) is 1. The monoisotopic (exact) mass is 365 g/mol. The van der Waals surface area contributed by atoms with E-state index in [1.165, 1.54) is 6.07 Å². The predicted molar refractivity (Wildman–Crippen MR) is 94.1 cm³/mol. The van der Waals surface area contributed by atoms with E-state index in [1.54, 1.807) is 12.3 Å². The lowest BCUT2D eigenvalue weighted by Gasteiger charge is -2.57. The van der Waals surface area contributed by atoms with Gasteiger partial charge in [0.1, 0.15) is 5.54 Å². The average Bonchev–Trinajstić information content (AvgIpc) is 2.45. The van der Waals surface area contributed by atoms with Gasteiger partial charge in [-0.25, -0.2) is 0 Å². The number of hydrogen-bond acceptors (Lipinski definition) is 4. The van der Waals surface area contributed by atoms with Gasteiger partial charge in [0.2, 0.25) is 11.5 Å². The number of nitrogens with one attached hydrogen (secondary N) is 2. The minimum absolute atomic E-state index is 0. The molecule has 23 heavy (non-hydrogen) atoms. The Bertz CT molecular complexity index is 571. The second-order valence-corrected chi connectivity index (χ2v) is 6.09. The second kappa shape index (κ2) is 8.15. The fourth-order valence-electron chi connectivity index (χ4n) is 2.71. The third-order valence-corrected chi connectivity index (χ3v) is 4.54. The molecule has 2 rings (SSSR count). The van der Waals surface area contributed by atoms with Crippen molar-refractivity contribution in [3.63, 3.8) is 0 Å². The summed E-state index contributed by atoms with van der Waals surface area (Å²) in [5, 5.41) is 2.84. The molecule has 8 heteroatoms. The van der Waals surface area contributed by atoms with Gasteiger partial charge in [-0.3, -0.25) is 9.59 Å². The standard InChI is InChI=1S/C15H23N3O3.2ClH/c1-4-21-11-7-15(16,14(11,2)3)13(20)18-9-10-5-6-12(19)17-8-10;;/h5-6,8,11H,4,7,9,16H2,1-3H3,(H,17,19)(H,18,20);2*1H. The first-order chi connectivity index (χ1) is 9.81. The zero-order valence-electron chi connectivity index (χ0n) is 13.5. The molecule has 1 aliphatic rings. The summed E-state index contributed by atoms with van der Waals surface area (Å²) in [6.07, 6.45) is 2.11. The second-order valence-electron chi connectivity index (χ2n) is 6.09. The van der Waals surface area contributed by atoms with Crippen LogP contribution in [-0.4, -0.2) is 29.1 Å². The summed E-state index contributed by atoms with van der Waals surface area (Å²) in [5.74, 6) is -0.186. The van der Waals surface area contributed by atoms with Crippen LogP contribution in [0.2, 0.25) is 0 Å². The van der Waals surface area contributed by atoms with Crippen molar-refractivity contribution in [3.8, 4) is 0 Å². The number of aromatic nitrogens is 1. The van der Waals surface area contributed by atoms with Gasteiger partial charge in [0, 0.05) is 37.3 Å². The van der Waals surface area contributed by atoms with E-state index in [0.29, 0.717) is 19.6 Å². The van der Waals surface area contributed by atoms with Gasteiger partial charge >= 0.3 is 0 Å². The Morgan fingerprint density at radius 2 is 2.09 bits per heavy atom. The van der Waals surface area contributed by atoms with Crippen LogP contribution in [0, 0.1) is 5.41 Å². The van der Waals surface area contributed by atoms with Crippen LogP contribution in [0.3, 0.4) is 0 Å². The number of rotatable bonds is 5. The molecule has 2 unspecified atom stereocenters. The number of H-pyrrole nitrogens is 1. The third kappa shape index (κ3) is 4.07. The normalized spacial score (nSPS) is 24.6. The largest absolute Gasteiger partial charge is 0.378 e. The maximum absolute atomic E-state index is 12.4. The number of carbonyl (C=O) groups excluding carboxylic acids is 1. The molecule has 132 valence electrons. The smallest absolute Gasteiger partial charge is 0.247 e. The van der Waals surface area contributed by atoms with Crippen LogP contribution >= 0.6 is 24.8 Å². The van der Waals surface area contributed by atoms with Crippen LogP contribution in [0.15, 0.2) is 23.1 Å². The molecule has 1 heterocycles. The number of aromatic amines is 1. The zero-order chi connectivity index (χ0) is 15.7. The van der Waals surface area contributed by atoms with E-state index in [0.717, 1.165) is 5.56 Å². The molecule has 0 aliphatic heterocycles. The van der Waals surface area contributed by atoms with Crippen molar-refractivity contribution in [2.24, 2.45) is 11.1 Å². The molecular formula is C15H25Cl2N3O3. The first-order valence-electron chi connectivity index (χ1n) is 7.17. The molecule has 0 radical (unpaired) electrons. The highest BCUT2D eigenvalue weighted by Gasteiger charge is 2.62. The topological polar surface area (TPSA) is 97.2 Å². The fraction of sp³-hybridized carbons (Fsp3) is 0.600. The SMILES string of the molecule is CCOC1CC(N)(C(=O)NCc2ccc(=O)[nH]c2)C1(C)C.Cl.Cl. The summed E-state index contributed by atoms with van der Waals surface area (Å²) in [5.41, 5.74) is 5.61. The van der Waals surface area contributed by atoms with Gasteiger partial charge in [0.25, 0.3) is 0 Å². The minimum atomic E-state index is -0.922. The van der Waals surface area contributed by atoms with Crippen LogP contribution in [0.1, 0.15) is 32.8 Å². The Kier molecular flexibility index (Phi) is 7.76. The number of halogens is 2. The number of nitrogens with two attached hydrogens (primary N) is 1. The third-order valence-electron chi connectivity index (χ3n) is 4.54.